The van der Waals surface area contributed by atoms with Crippen LogP contribution in [0.25, 0.3) is 0 Å². The van der Waals surface area contributed by atoms with E-state index in [-0.39, 0.29) is 5.82 Å². The first-order valence-corrected chi connectivity index (χ1v) is 6.64. The molecule has 0 amide bonds. The molecule has 1 unspecified atom stereocenters. The highest BCUT2D eigenvalue weighted by molar-refractivity contribution is 6.32. The molecule has 1 atom stereocenters. The van der Waals surface area contributed by atoms with Crippen LogP contribution in [-0.2, 0) is 6.42 Å². The van der Waals surface area contributed by atoms with E-state index in [4.69, 9.17) is 27.9 Å². The van der Waals surface area contributed by atoms with Crippen LogP contribution in [0.4, 0.5) is 4.39 Å². The van der Waals surface area contributed by atoms with Gasteiger partial charge in [0.1, 0.15) is 11.6 Å². The van der Waals surface area contributed by atoms with Gasteiger partial charge in [-0.15, -0.1) is 11.6 Å². The summed E-state index contributed by atoms with van der Waals surface area (Å²) in [5, 5.41) is -0.163. The highest BCUT2D eigenvalue weighted by Crippen LogP contribution is 2.33. The lowest BCUT2D eigenvalue weighted by atomic mass is 10.0. The molecule has 19 heavy (non-hydrogen) atoms. The Morgan fingerprint density at radius 3 is 2.63 bits per heavy atom. The molecule has 0 aliphatic carbocycles. The molecule has 1 nitrogen and oxygen atoms in total. The lowest BCUT2D eigenvalue weighted by Crippen LogP contribution is -2.00. The average Bonchev–Trinajstić information content (AvgIpc) is 2.38. The van der Waals surface area contributed by atoms with Crippen molar-refractivity contribution in [1.29, 1.82) is 0 Å². The van der Waals surface area contributed by atoms with Gasteiger partial charge in [0, 0.05) is 10.6 Å². The minimum absolute atomic E-state index is 0.341. The molecule has 0 saturated heterocycles. The lowest BCUT2D eigenvalue weighted by Gasteiger charge is -2.13. The molecule has 0 bridgehead atoms. The number of halogens is 3. The van der Waals surface area contributed by atoms with Crippen LogP contribution >= 0.6 is 23.2 Å². The molecule has 2 aromatic carbocycles. The monoisotopic (exact) mass is 298 g/mol. The summed E-state index contributed by atoms with van der Waals surface area (Å²) in [6.45, 7) is 0. The van der Waals surface area contributed by atoms with E-state index >= 15 is 0 Å². The van der Waals surface area contributed by atoms with Gasteiger partial charge in [0.2, 0.25) is 0 Å². The van der Waals surface area contributed by atoms with E-state index in [0.717, 1.165) is 11.3 Å². The molecule has 2 rings (SSSR count). The Morgan fingerprint density at radius 2 is 1.95 bits per heavy atom. The van der Waals surface area contributed by atoms with Crippen LogP contribution in [0, 0.1) is 5.82 Å². The molecule has 0 N–H and O–H groups in total. The molecule has 2 aromatic rings. The molecule has 0 aromatic heterocycles. The van der Waals surface area contributed by atoms with E-state index in [0.29, 0.717) is 17.0 Å². The SMILES string of the molecule is COc1cccc(CC(Cl)c2c(F)cccc2Cl)c1. The number of benzene rings is 2. The van der Waals surface area contributed by atoms with E-state index in [9.17, 15) is 4.39 Å². The molecule has 0 fully saturated rings. The van der Waals surface area contributed by atoms with E-state index in [2.05, 4.69) is 0 Å². The van der Waals surface area contributed by atoms with Gasteiger partial charge in [-0.1, -0.05) is 29.8 Å². The normalized spacial score (nSPS) is 12.2. The molecule has 0 spiro atoms. The first-order valence-electron chi connectivity index (χ1n) is 5.82. The van der Waals surface area contributed by atoms with Crippen molar-refractivity contribution in [2.24, 2.45) is 0 Å². The molecule has 4 heteroatoms. The van der Waals surface area contributed by atoms with Gasteiger partial charge < -0.3 is 4.74 Å². The van der Waals surface area contributed by atoms with Gasteiger partial charge in [0.25, 0.3) is 0 Å². The van der Waals surface area contributed by atoms with Crippen molar-refractivity contribution in [2.45, 2.75) is 11.8 Å². The fraction of sp³-hybridized carbons (Fsp3) is 0.200. The van der Waals surface area contributed by atoms with Crippen molar-refractivity contribution < 1.29 is 9.13 Å². The second kappa shape index (κ2) is 6.27. The Labute approximate surface area is 121 Å². The zero-order chi connectivity index (χ0) is 13.8. The Hall–Kier alpha value is -1.25. The summed E-state index contributed by atoms with van der Waals surface area (Å²) in [4.78, 5) is 0. The Kier molecular flexibility index (Phi) is 4.67. The maximum atomic E-state index is 13.8. The molecule has 0 saturated carbocycles. The summed E-state index contributed by atoms with van der Waals surface area (Å²) in [5.41, 5.74) is 1.31. The van der Waals surface area contributed by atoms with Crippen LogP contribution < -0.4 is 4.74 Å². The van der Waals surface area contributed by atoms with E-state index < -0.39 is 5.38 Å². The number of hydrogen-bond donors (Lipinski definition) is 0. The Bertz CT molecular complexity index is 552. The number of methoxy groups -OCH3 is 1. The minimum Gasteiger partial charge on any atom is -0.497 e. The summed E-state index contributed by atoms with van der Waals surface area (Å²) in [6, 6.07) is 12.1. The maximum Gasteiger partial charge on any atom is 0.129 e. The standard InChI is InChI=1S/C15H13Cl2FO/c1-19-11-5-2-4-10(8-11)9-13(17)15-12(16)6-3-7-14(15)18/h2-8,13H,9H2,1H3. The zero-order valence-corrected chi connectivity index (χ0v) is 11.9. The van der Waals surface area contributed by atoms with E-state index in [1.54, 1.807) is 19.2 Å². The Balaban J connectivity index is 2.23. The van der Waals surface area contributed by atoms with Gasteiger partial charge in [0.05, 0.1) is 12.5 Å². The molecule has 0 aliphatic rings. The summed E-state index contributed by atoms with van der Waals surface area (Å²) < 4.78 is 18.9. The molecule has 0 heterocycles. The van der Waals surface area contributed by atoms with Crippen LogP contribution in [0.5, 0.6) is 5.75 Å². The molecular formula is C15H13Cl2FO. The first kappa shape index (κ1) is 14.2. The minimum atomic E-state index is -0.513. The van der Waals surface area contributed by atoms with E-state index in [1.807, 2.05) is 24.3 Å². The predicted octanol–water partition coefficient (Wildman–Crippen LogP) is 5.01. The summed E-state index contributed by atoms with van der Waals surface area (Å²) >= 11 is 12.3. The zero-order valence-electron chi connectivity index (χ0n) is 10.4. The maximum absolute atomic E-state index is 13.8. The number of ether oxygens (including phenoxy) is 1. The van der Waals surface area contributed by atoms with Crippen molar-refractivity contribution >= 4 is 23.2 Å². The highest BCUT2D eigenvalue weighted by Gasteiger charge is 2.17. The van der Waals surface area contributed by atoms with Gasteiger partial charge in [-0.25, -0.2) is 4.39 Å². The molecule has 0 radical (unpaired) electrons. The van der Waals surface area contributed by atoms with Crippen molar-refractivity contribution in [3.05, 3.63) is 64.4 Å². The van der Waals surface area contributed by atoms with Crippen molar-refractivity contribution in [2.75, 3.05) is 7.11 Å². The van der Waals surface area contributed by atoms with Crippen molar-refractivity contribution in [3.8, 4) is 5.75 Å². The third-order valence-corrected chi connectivity index (χ3v) is 3.56. The first-order chi connectivity index (χ1) is 9.11. The van der Waals surface area contributed by atoms with Gasteiger partial charge in [-0.05, 0) is 36.2 Å². The van der Waals surface area contributed by atoms with Gasteiger partial charge in [0.15, 0.2) is 0 Å². The molecule has 0 aliphatic heterocycles. The number of hydrogen-bond acceptors (Lipinski definition) is 1. The third-order valence-electron chi connectivity index (χ3n) is 2.86. The van der Waals surface area contributed by atoms with Crippen LogP contribution in [0.1, 0.15) is 16.5 Å². The predicted molar refractivity (Wildman–Crippen MR) is 76.7 cm³/mol. The van der Waals surface area contributed by atoms with Gasteiger partial charge in [-0.2, -0.15) is 0 Å². The van der Waals surface area contributed by atoms with Crippen LogP contribution in [0.2, 0.25) is 5.02 Å². The van der Waals surface area contributed by atoms with Crippen molar-refractivity contribution in [3.63, 3.8) is 0 Å². The summed E-state index contributed by atoms with van der Waals surface area (Å²) in [6.07, 6.45) is 0.486. The smallest absolute Gasteiger partial charge is 0.129 e. The van der Waals surface area contributed by atoms with Crippen LogP contribution in [-0.4, -0.2) is 7.11 Å². The average molecular weight is 299 g/mol. The highest BCUT2D eigenvalue weighted by atomic mass is 35.5. The summed E-state index contributed by atoms with van der Waals surface area (Å²) in [7, 11) is 1.60. The van der Waals surface area contributed by atoms with Gasteiger partial charge >= 0.3 is 0 Å². The fourth-order valence-electron chi connectivity index (χ4n) is 1.92. The summed E-state index contributed by atoms with van der Waals surface area (Å²) in [5.74, 6) is 0.372. The second-order valence-electron chi connectivity index (χ2n) is 4.16. The topological polar surface area (TPSA) is 9.23 Å². The fourth-order valence-corrected chi connectivity index (χ4v) is 2.67. The largest absolute Gasteiger partial charge is 0.497 e. The molecular weight excluding hydrogens is 286 g/mol. The van der Waals surface area contributed by atoms with E-state index in [1.165, 1.54) is 6.07 Å². The Morgan fingerprint density at radius 1 is 1.21 bits per heavy atom. The van der Waals surface area contributed by atoms with Crippen LogP contribution in [0.3, 0.4) is 0 Å². The quantitative estimate of drug-likeness (QED) is 0.721. The van der Waals surface area contributed by atoms with Gasteiger partial charge in [-0.3, -0.25) is 0 Å². The third kappa shape index (κ3) is 3.40. The number of alkyl halides is 1. The lowest BCUT2D eigenvalue weighted by molar-refractivity contribution is 0.414. The van der Waals surface area contributed by atoms with Crippen molar-refractivity contribution in [1.82, 2.24) is 0 Å². The second-order valence-corrected chi connectivity index (χ2v) is 5.09. The van der Waals surface area contributed by atoms with Crippen LogP contribution in [0.15, 0.2) is 42.5 Å². The molecule has 100 valence electrons. The number of rotatable bonds is 4.